The maximum Gasteiger partial charge on any atom is 0.225 e. The molecule has 7 nitrogen and oxygen atoms in total. The highest BCUT2D eigenvalue weighted by molar-refractivity contribution is 5.82. The lowest BCUT2D eigenvalue weighted by molar-refractivity contribution is -0.129. The van der Waals surface area contributed by atoms with Gasteiger partial charge in [-0.1, -0.05) is 104 Å². The maximum absolute atomic E-state index is 12.6. The standard InChI is InChI=1S/C33H48N6O/c1-20(2)29(39-32(40)33(6,7)8)22(5)37-27(18-34)25-14-10-23(11-15-25)24-12-16-26(17-13-24)28-19-36-31(38-28)30(35-9)21(3)4/h10-17,19-21,27,29-30,35,37H,5,18,34H2,1-4,6-9H3,(H,36,38)(H,39,40)/t27?,29-,30-/m0/s1. The summed E-state index contributed by atoms with van der Waals surface area (Å²) < 4.78 is 0. The van der Waals surface area contributed by atoms with Crippen LogP contribution in [-0.4, -0.2) is 35.5 Å². The Kier molecular flexibility index (Phi) is 10.3. The number of hydrogen-bond acceptors (Lipinski definition) is 5. The van der Waals surface area contributed by atoms with Crippen LogP contribution >= 0.6 is 0 Å². The summed E-state index contributed by atoms with van der Waals surface area (Å²) in [6.45, 7) is 18.9. The van der Waals surface area contributed by atoms with Crippen molar-refractivity contribution in [3.05, 3.63) is 78.4 Å². The summed E-state index contributed by atoms with van der Waals surface area (Å²) >= 11 is 0. The van der Waals surface area contributed by atoms with Gasteiger partial charge < -0.3 is 26.7 Å². The zero-order valence-corrected chi connectivity index (χ0v) is 25.4. The minimum Gasteiger partial charge on any atom is -0.379 e. The van der Waals surface area contributed by atoms with Crippen molar-refractivity contribution in [3.63, 3.8) is 0 Å². The molecule has 3 atom stereocenters. The van der Waals surface area contributed by atoms with E-state index in [2.05, 4.69) is 109 Å². The summed E-state index contributed by atoms with van der Waals surface area (Å²) in [5.74, 6) is 1.57. The van der Waals surface area contributed by atoms with Gasteiger partial charge in [-0.25, -0.2) is 4.98 Å². The third-order valence-electron chi connectivity index (χ3n) is 7.32. The molecule has 0 spiro atoms. The van der Waals surface area contributed by atoms with Gasteiger partial charge in [0, 0.05) is 17.7 Å². The Morgan fingerprint density at radius 1 is 0.925 bits per heavy atom. The van der Waals surface area contributed by atoms with Gasteiger partial charge in [-0.05, 0) is 41.1 Å². The van der Waals surface area contributed by atoms with Crippen LogP contribution in [0.3, 0.4) is 0 Å². The topological polar surface area (TPSA) is 108 Å². The van der Waals surface area contributed by atoms with Crippen molar-refractivity contribution >= 4 is 5.91 Å². The van der Waals surface area contributed by atoms with Crippen molar-refractivity contribution in [2.75, 3.05) is 13.6 Å². The predicted octanol–water partition coefficient (Wildman–Crippen LogP) is 5.95. The van der Waals surface area contributed by atoms with Gasteiger partial charge in [0.2, 0.25) is 5.91 Å². The van der Waals surface area contributed by atoms with Crippen molar-refractivity contribution in [3.8, 4) is 22.4 Å². The molecule has 0 aliphatic heterocycles. The predicted molar refractivity (Wildman–Crippen MR) is 166 cm³/mol. The summed E-state index contributed by atoms with van der Waals surface area (Å²) in [4.78, 5) is 20.7. The molecule has 3 aromatic rings. The number of nitrogens with two attached hydrogens (primary N) is 1. The smallest absolute Gasteiger partial charge is 0.225 e. The van der Waals surface area contributed by atoms with E-state index in [4.69, 9.17) is 5.73 Å². The minimum absolute atomic E-state index is 0.000454. The van der Waals surface area contributed by atoms with Gasteiger partial charge in [-0.3, -0.25) is 4.79 Å². The molecule has 1 amide bonds. The average molecular weight is 545 g/mol. The number of aromatic amines is 1. The van der Waals surface area contributed by atoms with Crippen LogP contribution in [0.1, 0.15) is 71.9 Å². The number of carbonyl (C=O) groups excluding carboxylic acids is 1. The van der Waals surface area contributed by atoms with Gasteiger partial charge in [-0.2, -0.15) is 0 Å². The molecule has 0 radical (unpaired) electrons. The van der Waals surface area contributed by atoms with Crippen LogP contribution < -0.4 is 21.7 Å². The Bertz CT molecular complexity index is 1250. The molecule has 1 aromatic heterocycles. The lowest BCUT2D eigenvalue weighted by atomic mass is 9.93. The van der Waals surface area contributed by atoms with Crippen molar-refractivity contribution in [1.82, 2.24) is 25.9 Å². The lowest BCUT2D eigenvalue weighted by Gasteiger charge is -2.31. The van der Waals surface area contributed by atoms with E-state index >= 15 is 0 Å². The molecule has 1 heterocycles. The molecule has 3 rings (SSSR count). The minimum atomic E-state index is -0.473. The quantitative estimate of drug-likeness (QED) is 0.194. The molecule has 0 fully saturated rings. The second-order valence-corrected chi connectivity index (χ2v) is 12.3. The van der Waals surface area contributed by atoms with Crippen LogP contribution in [-0.2, 0) is 4.79 Å². The van der Waals surface area contributed by atoms with Gasteiger partial charge in [0.25, 0.3) is 0 Å². The Labute approximate surface area is 240 Å². The molecular weight excluding hydrogens is 496 g/mol. The Balaban J connectivity index is 1.71. The second-order valence-electron chi connectivity index (χ2n) is 12.3. The highest BCUT2D eigenvalue weighted by Gasteiger charge is 2.27. The monoisotopic (exact) mass is 544 g/mol. The number of nitrogens with one attached hydrogen (secondary N) is 4. The first-order valence-corrected chi connectivity index (χ1v) is 14.2. The molecule has 40 heavy (non-hydrogen) atoms. The van der Waals surface area contributed by atoms with Gasteiger partial charge in [-0.15, -0.1) is 0 Å². The van der Waals surface area contributed by atoms with Gasteiger partial charge in [0.05, 0.1) is 30.0 Å². The van der Waals surface area contributed by atoms with E-state index in [1.165, 1.54) is 0 Å². The number of hydrogen-bond donors (Lipinski definition) is 5. The fourth-order valence-electron chi connectivity index (χ4n) is 4.78. The second kappa shape index (κ2) is 13.3. The molecule has 6 N–H and O–H groups in total. The van der Waals surface area contributed by atoms with Gasteiger partial charge in [0.15, 0.2) is 0 Å². The largest absolute Gasteiger partial charge is 0.379 e. The van der Waals surface area contributed by atoms with E-state index in [-0.39, 0.29) is 30.0 Å². The van der Waals surface area contributed by atoms with Gasteiger partial charge >= 0.3 is 0 Å². The molecule has 1 unspecified atom stereocenters. The highest BCUT2D eigenvalue weighted by Crippen LogP contribution is 2.27. The number of imidazole rings is 1. The van der Waals surface area contributed by atoms with Gasteiger partial charge in [0.1, 0.15) is 5.82 Å². The summed E-state index contributed by atoms with van der Waals surface area (Å²) in [5.41, 5.74) is 11.9. The average Bonchev–Trinajstić information content (AvgIpc) is 3.39. The number of rotatable bonds is 12. The number of carbonyl (C=O) groups is 1. The first-order valence-electron chi connectivity index (χ1n) is 14.2. The number of aromatic nitrogens is 2. The van der Waals surface area contributed by atoms with Crippen LogP contribution in [0.2, 0.25) is 0 Å². The fourth-order valence-corrected chi connectivity index (χ4v) is 4.78. The number of amides is 1. The van der Waals surface area contributed by atoms with Crippen molar-refractivity contribution in [2.24, 2.45) is 23.0 Å². The van der Waals surface area contributed by atoms with Crippen molar-refractivity contribution in [1.29, 1.82) is 0 Å². The van der Waals surface area contributed by atoms with Crippen LogP contribution in [0.4, 0.5) is 0 Å². The summed E-state index contributed by atoms with van der Waals surface area (Å²) in [7, 11) is 1.96. The van der Waals surface area contributed by atoms with E-state index in [0.29, 0.717) is 12.5 Å². The molecule has 0 bridgehead atoms. The third-order valence-corrected chi connectivity index (χ3v) is 7.32. The van der Waals surface area contributed by atoms with Crippen molar-refractivity contribution < 1.29 is 4.79 Å². The number of H-pyrrole nitrogens is 1. The van der Waals surface area contributed by atoms with E-state index in [1.54, 1.807) is 0 Å². The number of nitrogens with zero attached hydrogens (tertiary/aromatic N) is 1. The zero-order valence-electron chi connectivity index (χ0n) is 25.4. The first kappa shape index (κ1) is 31.1. The summed E-state index contributed by atoms with van der Waals surface area (Å²) in [5, 5.41) is 9.96. The Morgan fingerprint density at radius 3 is 1.95 bits per heavy atom. The van der Waals surface area contributed by atoms with E-state index < -0.39 is 5.41 Å². The summed E-state index contributed by atoms with van der Waals surface area (Å²) in [6, 6.07) is 16.8. The molecule has 0 aliphatic carbocycles. The maximum atomic E-state index is 12.6. The Hall–Kier alpha value is -3.42. The van der Waals surface area contributed by atoms with Crippen LogP contribution in [0, 0.1) is 17.3 Å². The highest BCUT2D eigenvalue weighted by atomic mass is 16.2. The lowest BCUT2D eigenvalue weighted by Crippen LogP contribution is -2.48. The molecular formula is C33H48N6O. The molecule has 0 aliphatic rings. The van der Waals surface area contributed by atoms with Crippen LogP contribution in [0.25, 0.3) is 22.4 Å². The normalized spacial score (nSPS) is 14.2. The number of benzene rings is 2. The molecule has 0 saturated heterocycles. The third kappa shape index (κ3) is 7.61. The molecule has 7 heteroatoms. The van der Waals surface area contributed by atoms with Crippen molar-refractivity contribution in [2.45, 2.75) is 66.6 Å². The molecule has 0 saturated carbocycles. The zero-order chi connectivity index (χ0) is 29.6. The molecule has 2 aromatic carbocycles. The Morgan fingerprint density at radius 2 is 1.48 bits per heavy atom. The fraction of sp³-hybridized carbons (Fsp3) is 0.455. The van der Waals surface area contributed by atoms with Crippen LogP contribution in [0.15, 0.2) is 67.0 Å². The molecule has 216 valence electrons. The van der Waals surface area contributed by atoms with Crippen LogP contribution in [0.5, 0.6) is 0 Å². The van der Waals surface area contributed by atoms with E-state index in [1.807, 2.05) is 34.0 Å². The SMILES string of the molecule is C=C(NC(CN)c1ccc(-c2ccc(-c3cnc([C@@H](NC)C(C)C)[nH]3)cc2)cc1)[C@@H](NC(=O)C(C)(C)C)C(C)C. The first-order chi connectivity index (χ1) is 18.8. The van der Waals surface area contributed by atoms with E-state index in [0.717, 1.165) is 39.5 Å². The van der Waals surface area contributed by atoms with E-state index in [9.17, 15) is 4.79 Å². The summed E-state index contributed by atoms with van der Waals surface area (Å²) in [6.07, 6.45) is 1.90.